The second-order valence-electron chi connectivity index (χ2n) is 4.72. The van der Waals surface area contributed by atoms with Gasteiger partial charge in [0, 0.05) is 17.7 Å². The van der Waals surface area contributed by atoms with Gasteiger partial charge in [-0.2, -0.15) is 5.10 Å². The minimum atomic E-state index is -0.345. The number of aromatic nitrogens is 2. The van der Waals surface area contributed by atoms with Crippen LogP contribution in [0.3, 0.4) is 0 Å². The number of H-pyrrole nitrogens is 1. The van der Waals surface area contributed by atoms with Gasteiger partial charge in [-0.25, -0.2) is 4.79 Å². The van der Waals surface area contributed by atoms with Gasteiger partial charge in [-0.05, 0) is 23.8 Å². The molecule has 2 heterocycles. The van der Waals surface area contributed by atoms with Crippen LogP contribution in [0.25, 0.3) is 0 Å². The highest BCUT2D eigenvalue weighted by Gasteiger charge is 2.35. The van der Waals surface area contributed by atoms with E-state index in [9.17, 15) is 4.79 Å². The van der Waals surface area contributed by atoms with E-state index in [2.05, 4.69) is 27.8 Å². The van der Waals surface area contributed by atoms with Crippen molar-refractivity contribution in [3.05, 3.63) is 27.5 Å². The van der Waals surface area contributed by atoms with E-state index in [0.29, 0.717) is 27.7 Å². The molecule has 1 aliphatic rings. The molecular weight excluding hydrogens is 284 g/mol. The number of nitrogens with one attached hydrogen (secondary N) is 3. The first-order chi connectivity index (χ1) is 9.13. The molecule has 5 nitrogen and oxygen atoms in total. The molecule has 1 aliphatic carbocycles. The van der Waals surface area contributed by atoms with Crippen LogP contribution < -0.4 is 10.6 Å². The fourth-order valence-electron chi connectivity index (χ4n) is 2.00. The summed E-state index contributed by atoms with van der Waals surface area (Å²) in [6.45, 7) is 2.20. The van der Waals surface area contributed by atoms with E-state index in [1.54, 1.807) is 6.07 Å². The summed E-state index contributed by atoms with van der Waals surface area (Å²) in [6.07, 6.45) is 1.18. The Balaban J connectivity index is 1.60. The number of carbonyl (C=O) groups excluding carboxylic acids is 1. The molecule has 0 aliphatic heterocycles. The Kier molecular flexibility index (Phi) is 3.20. The maximum atomic E-state index is 11.8. The van der Waals surface area contributed by atoms with Gasteiger partial charge < -0.3 is 5.32 Å². The summed E-state index contributed by atoms with van der Waals surface area (Å²) >= 11 is 7.28. The van der Waals surface area contributed by atoms with E-state index < -0.39 is 0 Å². The SMILES string of the molecule is CC1CC1c1cc(NC(=O)Nc2ccsc2Cl)n[nH]1. The molecule has 7 heteroatoms. The van der Waals surface area contributed by atoms with Gasteiger partial charge in [0.05, 0.1) is 5.69 Å². The van der Waals surface area contributed by atoms with Crippen molar-refractivity contribution in [2.45, 2.75) is 19.3 Å². The molecule has 2 aromatic rings. The highest BCUT2D eigenvalue weighted by atomic mass is 35.5. The number of rotatable bonds is 3. The average Bonchev–Trinajstić information content (AvgIpc) is 2.75. The lowest BCUT2D eigenvalue weighted by molar-refractivity contribution is 0.262. The molecule has 0 aromatic carbocycles. The van der Waals surface area contributed by atoms with Crippen molar-refractivity contribution in [2.75, 3.05) is 10.6 Å². The summed E-state index contributed by atoms with van der Waals surface area (Å²) in [6, 6.07) is 3.29. The maximum absolute atomic E-state index is 11.8. The second-order valence-corrected chi connectivity index (χ2v) is 6.23. The Bertz CT molecular complexity index is 608. The monoisotopic (exact) mass is 296 g/mol. The van der Waals surface area contributed by atoms with Crippen LogP contribution >= 0.6 is 22.9 Å². The molecule has 0 radical (unpaired) electrons. The summed E-state index contributed by atoms with van der Waals surface area (Å²) in [5.74, 6) is 1.78. The fourth-order valence-corrected chi connectivity index (χ4v) is 2.83. The van der Waals surface area contributed by atoms with E-state index >= 15 is 0 Å². The van der Waals surface area contributed by atoms with Crippen molar-refractivity contribution in [3.63, 3.8) is 0 Å². The normalized spacial score (nSPS) is 21.2. The highest BCUT2D eigenvalue weighted by molar-refractivity contribution is 7.15. The number of anilines is 2. The van der Waals surface area contributed by atoms with Gasteiger partial charge in [0.15, 0.2) is 5.82 Å². The molecule has 1 fully saturated rings. The number of carbonyl (C=O) groups is 1. The van der Waals surface area contributed by atoms with Gasteiger partial charge in [0.25, 0.3) is 0 Å². The standard InChI is InChI=1S/C12H13ClN4OS/c1-6-4-7(6)9-5-10(17-16-9)15-12(18)14-8-2-3-19-11(8)13/h2-3,5-7H,4H2,1H3,(H3,14,15,16,17,18). The number of hydrogen-bond donors (Lipinski definition) is 3. The van der Waals surface area contributed by atoms with Crippen molar-refractivity contribution in [3.8, 4) is 0 Å². The summed E-state index contributed by atoms with van der Waals surface area (Å²) in [5, 5.41) is 14.2. The lowest BCUT2D eigenvalue weighted by Crippen LogP contribution is -2.19. The van der Waals surface area contributed by atoms with E-state index in [1.807, 2.05) is 11.4 Å². The number of nitrogens with zero attached hydrogens (tertiary/aromatic N) is 1. The molecule has 2 aromatic heterocycles. The zero-order valence-corrected chi connectivity index (χ0v) is 11.8. The van der Waals surface area contributed by atoms with Gasteiger partial charge in [0.1, 0.15) is 4.34 Å². The van der Waals surface area contributed by atoms with Crippen LogP contribution in [0.15, 0.2) is 17.5 Å². The van der Waals surface area contributed by atoms with Crippen molar-refractivity contribution < 1.29 is 4.79 Å². The van der Waals surface area contributed by atoms with E-state index in [1.165, 1.54) is 17.8 Å². The zero-order valence-electron chi connectivity index (χ0n) is 10.2. The largest absolute Gasteiger partial charge is 0.324 e. The summed E-state index contributed by atoms with van der Waals surface area (Å²) in [4.78, 5) is 11.8. The van der Waals surface area contributed by atoms with Crippen LogP contribution in [0, 0.1) is 5.92 Å². The number of aromatic amines is 1. The smallest absolute Gasteiger partial charge is 0.305 e. The predicted octanol–water partition coefficient (Wildman–Crippen LogP) is 3.89. The second kappa shape index (κ2) is 4.86. The molecule has 19 heavy (non-hydrogen) atoms. The minimum absolute atomic E-state index is 0.345. The van der Waals surface area contributed by atoms with Crippen LogP contribution in [-0.4, -0.2) is 16.2 Å². The van der Waals surface area contributed by atoms with Gasteiger partial charge in [-0.3, -0.25) is 10.4 Å². The van der Waals surface area contributed by atoms with Gasteiger partial charge in [0.2, 0.25) is 0 Å². The van der Waals surface area contributed by atoms with Crippen molar-refractivity contribution in [1.82, 2.24) is 10.2 Å². The van der Waals surface area contributed by atoms with Crippen molar-refractivity contribution in [1.29, 1.82) is 0 Å². The number of halogens is 1. The van der Waals surface area contributed by atoms with Crippen LogP contribution in [0.4, 0.5) is 16.3 Å². The molecule has 100 valence electrons. The first-order valence-electron chi connectivity index (χ1n) is 6.00. The third-order valence-corrected chi connectivity index (χ3v) is 4.38. The molecular formula is C12H13ClN4OS. The minimum Gasteiger partial charge on any atom is -0.305 e. The Labute approximate surface area is 119 Å². The number of hydrogen-bond acceptors (Lipinski definition) is 3. The van der Waals surface area contributed by atoms with Gasteiger partial charge in [-0.15, -0.1) is 11.3 Å². The summed E-state index contributed by atoms with van der Waals surface area (Å²) < 4.78 is 0.560. The zero-order chi connectivity index (χ0) is 13.4. The van der Waals surface area contributed by atoms with Crippen molar-refractivity contribution in [2.24, 2.45) is 5.92 Å². The molecule has 0 saturated heterocycles. The molecule has 3 N–H and O–H groups in total. The molecule has 0 bridgehead atoms. The third kappa shape index (κ3) is 2.74. The van der Waals surface area contributed by atoms with Gasteiger partial charge in [-0.1, -0.05) is 18.5 Å². The Hall–Kier alpha value is -1.53. The maximum Gasteiger partial charge on any atom is 0.324 e. The molecule has 1 saturated carbocycles. The number of amides is 2. The topological polar surface area (TPSA) is 69.8 Å². The molecule has 2 amide bonds. The van der Waals surface area contributed by atoms with E-state index in [4.69, 9.17) is 11.6 Å². The van der Waals surface area contributed by atoms with E-state index in [0.717, 1.165) is 5.69 Å². The van der Waals surface area contributed by atoms with Crippen LogP contribution in [-0.2, 0) is 0 Å². The van der Waals surface area contributed by atoms with Crippen molar-refractivity contribution >= 4 is 40.5 Å². The van der Waals surface area contributed by atoms with Crippen LogP contribution in [0.5, 0.6) is 0 Å². The molecule has 2 atom stereocenters. The Morgan fingerprint density at radius 1 is 1.58 bits per heavy atom. The first kappa shape index (κ1) is 12.5. The lowest BCUT2D eigenvalue weighted by atomic mass is 10.2. The summed E-state index contributed by atoms with van der Waals surface area (Å²) in [7, 11) is 0. The van der Waals surface area contributed by atoms with Crippen LogP contribution in [0.2, 0.25) is 4.34 Å². The molecule has 3 rings (SSSR count). The number of urea groups is 1. The van der Waals surface area contributed by atoms with E-state index in [-0.39, 0.29) is 6.03 Å². The Morgan fingerprint density at radius 2 is 2.37 bits per heavy atom. The highest BCUT2D eigenvalue weighted by Crippen LogP contribution is 2.46. The molecule has 0 spiro atoms. The average molecular weight is 297 g/mol. The number of thiophene rings is 1. The summed E-state index contributed by atoms with van der Waals surface area (Å²) in [5.41, 5.74) is 1.69. The predicted molar refractivity (Wildman–Crippen MR) is 77.1 cm³/mol. The molecule has 2 unspecified atom stereocenters. The van der Waals surface area contributed by atoms with Crippen LogP contribution in [0.1, 0.15) is 25.0 Å². The third-order valence-electron chi connectivity index (χ3n) is 3.21. The lowest BCUT2D eigenvalue weighted by Gasteiger charge is -2.03. The Morgan fingerprint density at radius 3 is 3.00 bits per heavy atom. The quantitative estimate of drug-likeness (QED) is 0.804. The van der Waals surface area contributed by atoms with Gasteiger partial charge >= 0.3 is 6.03 Å². The fraction of sp³-hybridized carbons (Fsp3) is 0.333. The first-order valence-corrected chi connectivity index (χ1v) is 7.25.